The lowest BCUT2D eigenvalue weighted by molar-refractivity contribution is -0.128. The molecule has 1 heterocycles. The predicted octanol–water partition coefficient (Wildman–Crippen LogP) is 5.27. The molecule has 1 saturated carbocycles. The Morgan fingerprint density at radius 1 is 1.27 bits per heavy atom. The number of carbonyl (C=O) groups is 1. The molecule has 1 aromatic carbocycles. The van der Waals surface area contributed by atoms with Gasteiger partial charge in [0.1, 0.15) is 5.78 Å². The maximum absolute atomic E-state index is 13.1. The number of aromatic nitrogens is 1. The van der Waals surface area contributed by atoms with E-state index in [1.165, 1.54) is 31.2 Å². The summed E-state index contributed by atoms with van der Waals surface area (Å²) in [5, 5.41) is 3.06. The van der Waals surface area contributed by atoms with Crippen LogP contribution in [0.2, 0.25) is 0 Å². The van der Waals surface area contributed by atoms with Crippen LogP contribution in [0.25, 0.3) is 0 Å². The molecule has 0 N–H and O–H groups in total. The lowest BCUT2D eigenvalue weighted by Gasteiger charge is -2.28. The van der Waals surface area contributed by atoms with Gasteiger partial charge in [-0.2, -0.15) is 0 Å². The SMILES string of the molecule is CO[C@@H](C1CCCC1)[C@@H](C)C(=O)C[C@@H](Cc1ccccc1)c1nccs1. The first-order valence-corrected chi connectivity index (χ1v) is 10.6. The number of Topliss-reactive ketones (excluding diaryl/α,β-unsaturated/α-hetero) is 1. The van der Waals surface area contributed by atoms with Gasteiger partial charge < -0.3 is 4.74 Å². The number of methoxy groups -OCH3 is 1. The fourth-order valence-electron chi connectivity index (χ4n) is 4.28. The molecular weight excluding hydrogens is 342 g/mol. The minimum absolute atomic E-state index is 0.0543. The molecule has 0 unspecified atom stereocenters. The number of thiazole rings is 1. The fraction of sp³-hybridized carbons (Fsp3) is 0.545. The standard InChI is InChI=1S/C22H29NO2S/c1-16(21(25-2)18-10-6-7-11-18)20(24)15-19(22-23-12-13-26-22)14-17-8-4-3-5-9-17/h3-5,8-9,12-13,16,18-19,21H,6-7,10-11,14-15H2,1-2H3/t16-,19+,21+/m0/s1. The molecule has 4 heteroatoms. The highest BCUT2D eigenvalue weighted by molar-refractivity contribution is 7.09. The fourth-order valence-corrected chi connectivity index (χ4v) is 5.03. The van der Waals surface area contributed by atoms with Crippen LogP contribution < -0.4 is 0 Å². The minimum Gasteiger partial charge on any atom is -0.380 e. The van der Waals surface area contributed by atoms with Gasteiger partial charge in [-0.1, -0.05) is 50.1 Å². The number of ketones is 1. The molecule has 0 aliphatic heterocycles. The quantitative estimate of drug-likeness (QED) is 0.603. The Kier molecular flexibility index (Phi) is 6.98. The summed E-state index contributed by atoms with van der Waals surface area (Å²) in [5.41, 5.74) is 1.26. The van der Waals surface area contributed by atoms with Gasteiger partial charge in [0.05, 0.1) is 11.1 Å². The molecule has 0 radical (unpaired) electrons. The summed E-state index contributed by atoms with van der Waals surface area (Å²) >= 11 is 1.65. The zero-order valence-electron chi connectivity index (χ0n) is 15.8. The van der Waals surface area contributed by atoms with Crippen molar-refractivity contribution in [3.8, 4) is 0 Å². The van der Waals surface area contributed by atoms with Gasteiger partial charge in [0.25, 0.3) is 0 Å². The first-order valence-electron chi connectivity index (χ1n) is 9.68. The number of carbonyl (C=O) groups excluding carboxylic acids is 1. The highest BCUT2D eigenvalue weighted by atomic mass is 32.1. The van der Waals surface area contributed by atoms with Crippen molar-refractivity contribution in [1.29, 1.82) is 0 Å². The average molecular weight is 372 g/mol. The van der Waals surface area contributed by atoms with Gasteiger partial charge in [-0.25, -0.2) is 4.98 Å². The molecule has 1 aliphatic rings. The van der Waals surface area contributed by atoms with Crippen LogP contribution in [0.5, 0.6) is 0 Å². The Morgan fingerprint density at radius 3 is 2.62 bits per heavy atom. The van der Waals surface area contributed by atoms with E-state index in [2.05, 4.69) is 36.2 Å². The Bertz CT molecular complexity index is 665. The van der Waals surface area contributed by atoms with Gasteiger partial charge in [0.2, 0.25) is 0 Å². The third-order valence-corrected chi connectivity index (χ3v) is 6.65. The molecular formula is C22H29NO2S. The summed E-state index contributed by atoms with van der Waals surface area (Å²) in [6, 6.07) is 10.4. The second-order valence-corrected chi connectivity index (χ2v) is 8.39. The van der Waals surface area contributed by atoms with Gasteiger partial charge in [0, 0.05) is 36.9 Å². The number of benzene rings is 1. The van der Waals surface area contributed by atoms with Gasteiger partial charge in [-0.15, -0.1) is 11.3 Å². The molecule has 3 nitrogen and oxygen atoms in total. The number of nitrogens with zero attached hydrogens (tertiary/aromatic N) is 1. The lowest BCUT2D eigenvalue weighted by atomic mass is 9.83. The maximum atomic E-state index is 13.1. The molecule has 140 valence electrons. The van der Waals surface area contributed by atoms with Crippen LogP contribution in [0.3, 0.4) is 0 Å². The van der Waals surface area contributed by atoms with Crippen molar-refractivity contribution in [1.82, 2.24) is 4.98 Å². The van der Waals surface area contributed by atoms with Crippen molar-refractivity contribution < 1.29 is 9.53 Å². The summed E-state index contributed by atoms with van der Waals surface area (Å²) in [5.74, 6) is 0.932. The summed E-state index contributed by atoms with van der Waals surface area (Å²) < 4.78 is 5.77. The molecule has 0 spiro atoms. The smallest absolute Gasteiger partial charge is 0.139 e. The van der Waals surface area contributed by atoms with E-state index in [1.54, 1.807) is 18.4 Å². The highest BCUT2D eigenvalue weighted by Crippen LogP contribution is 2.34. The number of ether oxygens (including phenoxy) is 1. The molecule has 3 atom stereocenters. The zero-order chi connectivity index (χ0) is 18.4. The van der Waals surface area contributed by atoms with Crippen molar-refractivity contribution in [3.05, 3.63) is 52.5 Å². The van der Waals surface area contributed by atoms with Crippen LogP contribution in [-0.4, -0.2) is 24.0 Å². The van der Waals surface area contributed by atoms with Crippen molar-refractivity contribution in [2.45, 2.75) is 57.5 Å². The predicted molar refractivity (Wildman–Crippen MR) is 107 cm³/mol. The lowest BCUT2D eigenvalue weighted by Crippen LogP contribution is -2.34. The first kappa shape index (κ1) is 19.2. The monoisotopic (exact) mass is 371 g/mol. The second-order valence-electron chi connectivity index (χ2n) is 7.46. The minimum atomic E-state index is -0.0543. The number of rotatable bonds is 9. The number of hydrogen-bond donors (Lipinski definition) is 0. The third-order valence-electron chi connectivity index (χ3n) is 5.71. The van der Waals surface area contributed by atoms with Gasteiger partial charge >= 0.3 is 0 Å². The second kappa shape index (κ2) is 9.43. The highest BCUT2D eigenvalue weighted by Gasteiger charge is 2.34. The molecule has 0 bridgehead atoms. The van der Waals surface area contributed by atoms with E-state index in [0.717, 1.165) is 11.4 Å². The average Bonchev–Trinajstić information content (AvgIpc) is 3.37. The van der Waals surface area contributed by atoms with E-state index >= 15 is 0 Å². The summed E-state index contributed by atoms with van der Waals surface area (Å²) in [7, 11) is 1.76. The van der Waals surface area contributed by atoms with Crippen molar-refractivity contribution in [2.24, 2.45) is 11.8 Å². The molecule has 0 saturated heterocycles. The van der Waals surface area contributed by atoms with Crippen molar-refractivity contribution >= 4 is 17.1 Å². The van der Waals surface area contributed by atoms with Crippen LogP contribution in [-0.2, 0) is 16.0 Å². The molecule has 0 amide bonds. The number of hydrogen-bond acceptors (Lipinski definition) is 4. The van der Waals surface area contributed by atoms with Gasteiger partial charge in [0.15, 0.2) is 0 Å². The van der Waals surface area contributed by atoms with Crippen LogP contribution >= 0.6 is 11.3 Å². The van der Waals surface area contributed by atoms with E-state index in [0.29, 0.717) is 18.1 Å². The van der Waals surface area contributed by atoms with Crippen LogP contribution in [0.15, 0.2) is 41.9 Å². The Morgan fingerprint density at radius 2 is 2.00 bits per heavy atom. The van der Waals surface area contributed by atoms with Gasteiger partial charge in [-0.3, -0.25) is 4.79 Å². The van der Waals surface area contributed by atoms with Crippen LogP contribution in [0.4, 0.5) is 0 Å². The van der Waals surface area contributed by atoms with E-state index < -0.39 is 0 Å². The maximum Gasteiger partial charge on any atom is 0.139 e. The summed E-state index contributed by atoms with van der Waals surface area (Å²) in [6.45, 7) is 2.05. The Hall–Kier alpha value is -1.52. The largest absolute Gasteiger partial charge is 0.380 e. The van der Waals surface area contributed by atoms with Crippen LogP contribution in [0.1, 0.15) is 55.5 Å². The van der Waals surface area contributed by atoms with E-state index in [1.807, 2.05) is 17.6 Å². The normalized spacial score (nSPS) is 18.5. The van der Waals surface area contributed by atoms with Crippen molar-refractivity contribution in [3.63, 3.8) is 0 Å². The molecule has 2 aromatic rings. The molecule has 1 aromatic heterocycles. The summed E-state index contributed by atoms with van der Waals surface area (Å²) in [4.78, 5) is 17.6. The van der Waals surface area contributed by atoms with Crippen molar-refractivity contribution in [2.75, 3.05) is 7.11 Å². The van der Waals surface area contributed by atoms with E-state index in [4.69, 9.17) is 4.74 Å². The van der Waals surface area contributed by atoms with Gasteiger partial charge in [-0.05, 0) is 30.7 Å². The molecule has 1 fully saturated rings. The van der Waals surface area contributed by atoms with E-state index in [9.17, 15) is 4.79 Å². The first-order chi connectivity index (χ1) is 12.7. The molecule has 1 aliphatic carbocycles. The topological polar surface area (TPSA) is 39.2 Å². The Labute approximate surface area is 160 Å². The third kappa shape index (κ3) is 4.80. The zero-order valence-corrected chi connectivity index (χ0v) is 16.6. The Balaban J connectivity index is 1.70. The van der Waals surface area contributed by atoms with Crippen LogP contribution in [0, 0.1) is 11.8 Å². The molecule has 26 heavy (non-hydrogen) atoms. The summed E-state index contributed by atoms with van der Waals surface area (Å²) in [6.07, 6.45) is 8.19. The van der Waals surface area contributed by atoms with E-state index in [-0.39, 0.29) is 17.9 Å². The molecule has 3 rings (SSSR count).